The van der Waals surface area contributed by atoms with Crippen LogP contribution in [0.2, 0.25) is 0 Å². The van der Waals surface area contributed by atoms with Crippen LogP contribution in [-0.2, 0) is 10.0 Å². The Morgan fingerprint density at radius 1 is 1.23 bits per heavy atom. The Morgan fingerprint density at radius 3 is 2.85 bits per heavy atom. The van der Waals surface area contributed by atoms with Crippen molar-refractivity contribution >= 4 is 27.5 Å². The number of amidine groups is 1. The highest BCUT2D eigenvalue weighted by Gasteiger charge is 2.19. The molecule has 7 nitrogen and oxygen atoms in total. The zero-order valence-electron chi connectivity index (χ0n) is 14.5. The SMILES string of the molecule is CN1CCCCC/C1=N\S(=O)(=O)c1cccc(NC(=O)c2ccoc2)c1. The molecule has 1 N–H and O–H groups in total. The van der Waals surface area contributed by atoms with Gasteiger partial charge < -0.3 is 14.6 Å². The standard InChI is InChI=1S/C18H21N3O4S/c1-21-10-4-2-3-8-17(21)20-26(23,24)16-7-5-6-15(12-16)19-18(22)14-9-11-25-13-14/h5-7,9,11-13H,2-4,8,10H2,1H3,(H,19,22)/b20-17+. The van der Waals surface area contributed by atoms with Crippen molar-refractivity contribution in [3.05, 3.63) is 48.4 Å². The summed E-state index contributed by atoms with van der Waals surface area (Å²) in [6.07, 6.45) is 6.40. The van der Waals surface area contributed by atoms with E-state index >= 15 is 0 Å². The average Bonchev–Trinajstić information content (AvgIpc) is 3.08. The lowest BCUT2D eigenvalue weighted by molar-refractivity contribution is 0.102. The first-order valence-electron chi connectivity index (χ1n) is 8.44. The normalized spacial score (nSPS) is 17.1. The number of furan rings is 1. The molecule has 1 aromatic heterocycles. The Balaban J connectivity index is 1.83. The Kier molecular flexibility index (Phi) is 5.41. The van der Waals surface area contributed by atoms with E-state index in [0.29, 0.717) is 23.5 Å². The summed E-state index contributed by atoms with van der Waals surface area (Å²) in [5.74, 6) is 0.207. The fourth-order valence-corrected chi connectivity index (χ4v) is 3.91. The van der Waals surface area contributed by atoms with Gasteiger partial charge in [0.25, 0.3) is 15.9 Å². The first kappa shape index (κ1) is 18.2. The van der Waals surface area contributed by atoms with Crippen molar-refractivity contribution in [1.82, 2.24) is 4.90 Å². The molecule has 0 unspecified atom stereocenters. The van der Waals surface area contributed by atoms with Crippen LogP contribution in [0, 0.1) is 0 Å². The van der Waals surface area contributed by atoms with Crippen molar-refractivity contribution in [1.29, 1.82) is 0 Å². The number of rotatable bonds is 4. The number of benzene rings is 1. The highest BCUT2D eigenvalue weighted by atomic mass is 32.2. The predicted molar refractivity (Wildman–Crippen MR) is 98.8 cm³/mol. The van der Waals surface area contributed by atoms with Crippen LogP contribution in [0.4, 0.5) is 5.69 Å². The van der Waals surface area contributed by atoms with E-state index in [2.05, 4.69) is 9.71 Å². The largest absolute Gasteiger partial charge is 0.472 e. The van der Waals surface area contributed by atoms with Crippen LogP contribution in [-0.4, -0.2) is 38.7 Å². The van der Waals surface area contributed by atoms with Crippen molar-refractivity contribution < 1.29 is 17.6 Å². The smallest absolute Gasteiger partial charge is 0.284 e. The number of carbonyl (C=O) groups is 1. The first-order valence-corrected chi connectivity index (χ1v) is 9.88. The van der Waals surface area contributed by atoms with E-state index < -0.39 is 10.0 Å². The van der Waals surface area contributed by atoms with Gasteiger partial charge >= 0.3 is 0 Å². The van der Waals surface area contributed by atoms with Gasteiger partial charge in [-0.05, 0) is 37.1 Å². The minimum Gasteiger partial charge on any atom is -0.472 e. The third kappa shape index (κ3) is 4.32. The molecule has 0 radical (unpaired) electrons. The summed E-state index contributed by atoms with van der Waals surface area (Å²) >= 11 is 0. The van der Waals surface area contributed by atoms with E-state index in [1.807, 2.05) is 11.9 Å². The van der Waals surface area contributed by atoms with E-state index in [9.17, 15) is 13.2 Å². The number of carbonyl (C=O) groups excluding carboxylic acids is 1. The Bertz CT molecular complexity index is 904. The van der Waals surface area contributed by atoms with Gasteiger partial charge in [-0.1, -0.05) is 12.5 Å². The van der Waals surface area contributed by atoms with Gasteiger partial charge in [-0.3, -0.25) is 4.79 Å². The van der Waals surface area contributed by atoms with Gasteiger partial charge in [0.05, 0.1) is 16.7 Å². The predicted octanol–water partition coefficient (Wildman–Crippen LogP) is 3.12. The van der Waals surface area contributed by atoms with Gasteiger partial charge in [0, 0.05) is 25.7 Å². The molecule has 26 heavy (non-hydrogen) atoms. The average molecular weight is 375 g/mol. The molecule has 0 aliphatic carbocycles. The molecule has 0 saturated carbocycles. The van der Waals surface area contributed by atoms with Gasteiger partial charge in [0.1, 0.15) is 12.1 Å². The Morgan fingerprint density at radius 2 is 2.08 bits per heavy atom. The third-order valence-corrected chi connectivity index (χ3v) is 5.53. The Hall–Kier alpha value is -2.61. The fourth-order valence-electron chi connectivity index (χ4n) is 2.77. The molecule has 0 atom stereocenters. The van der Waals surface area contributed by atoms with Gasteiger partial charge in [0.15, 0.2) is 0 Å². The number of anilines is 1. The lowest BCUT2D eigenvalue weighted by Gasteiger charge is -2.17. The quantitative estimate of drug-likeness (QED) is 0.886. The molecule has 8 heteroatoms. The number of sulfonamides is 1. The molecule has 2 heterocycles. The molecule has 2 aromatic rings. The van der Waals surface area contributed by atoms with Crippen molar-refractivity contribution in [3.63, 3.8) is 0 Å². The van der Waals surface area contributed by atoms with E-state index in [0.717, 1.165) is 25.8 Å². The van der Waals surface area contributed by atoms with Gasteiger partial charge in [-0.15, -0.1) is 4.40 Å². The maximum atomic E-state index is 12.7. The van der Waals surface area contributed by atoms with Crippen molar-refractivity contribution in [2.45, 2.75) is 30.6 Å². The van der Waals surface area contributed by atoms with Crippen LogP contribution >= 0.6 is 0 Å². The number of hydrogen-bond acceptors (Lipinski definition) is 4. The minimum absolute atomic E-state index is 0.0487. The third-order valence-electron chi connectivity index (χ3n) is 4.23. The monoisotopic (exact) mass is 375 g/mol. The lowest BCUT2D eigenvalue weighted by Crippen LogP contribution is -2.26. The maximum Gasteiger partial charge on any atom is 0.284 e. The number of nitrogens with one attached hydrogen (secondary N) is 1. The van der Waals surface area contributed by atoms with Crippen LogP contribution in [0.25, 0.3) is 0 Å². The maximum absolute atomic E-state index is 12.7. The van der Waals surface area contributed by atoms with Crippen LogP contribution in [0.5, 0.6) is 0 Å². The minimum atomic E-state index is -3.84. The summed E-state index contributed by atoms with van der Waals surface area (Å²) < 4.78 is 34.3. The Labute approximate surface area is 152 Å². The molecule has 3 rings (SSSR count). The highest BCUT2D eigenvalue weighted by Crippen LogP contribution is 2.20. The molecule has 138 valence electrons. The second kappa shape index (κ2) is 7.74. The zero-order chi connectivity index (χ0) is 18.6. The number of nitrogens with zero attached hydrogens (tertiary/aromatic N) is 2. The van der Waals surface area contributed by atoms with E-state index in [1.54, 1.807) is 12.1 Å². The van der Waals surface area contributed by atoms with Crippen molar-refractivity contribution in [3.8, 4) is 0 Å². The summed E-state index contributed by atoms with van der Waals surface area (Å²) in [7, 11) is -1.98. The lowest BCUT2D eigenvalue weighted by atomic mass is 10.2. The summed E-state index contributed by atoms with van der Waals surface area (Å²) in [6.45, 7) is 0.801. The molecular formula is C18H21N3O4S. The van der Waals surface area contributed by atoms with Crippen LogP contribution in [0.3, 0.4) is 0 Å². The fraction of sp³-hybridized carbons (Fsp3) is 0.333. The molecule has 0 spiro atoms. The second-order valence-electron chi connectivity index (χ2n) is 6.21. The van der Waals surface area contributed by atoms with Crippen LogP contribution in [0.15, 0.2) is 56.6 Å². The topological polar surface area (TPSA) is 92.0 Å². The summed E-state index contributed by atoms with van der Waals surface area (Å²) in [5, 5.41) is 2.66. The van der Waals surface area contributed by atoms with E-state index in [1.165, 1.54) is 30.7 Å². The van der Waals surface area contributed by atoms with E-state index in [-0.39, 0.29) is 10.8 Å². The van der Waals surface area contributed by atoms with E-state index in [4.69, 9.17) is 4.42 Å². The van der Waals surface area contributed by atoms with Crippen LogP contribution in [0.1, 0.15) is 36.0 Å². The molecule has 1 aliphatic rings. The molecule has 1 saturated heterocycles. The van der Waals surface area contributed by atoms with Gasteiger partial charge in [-0.25, -0.2) is 0 Å². The molecule has 1 aromatic carbocycles. The molecular weight excluding hydrogens is 354 g/mol. The highest BCUT2D eigenvalue weighted by molar-refractivity contribution is 7.90. The first-order chi connectivity index (χ1) is 12.5. The number of likely N-dealkylation sites (tertiary alicyclic amines) is 1. The molecule has 1 fully saturated rings. The summed E-state index contributed by atoms with van der Waals surface area (Å²) in [5.41, 5.74) is 0.741. The molecule has 0 bridgehead atoms. The number of hydrogen-bond donors (Lipinski definition) is 1. The second-order valence-corrected chi connectivity index (χ2v) is 7.81. The molecule has 1 amide bonds. The van der Waals surface area contributed by atoms with Gasteiger partial charge in [0.2, 0.25) is 0 Å². The summed E-state index contributed by atoms with van der Waals surface area (Å²) in [6, 6.07) is 7.62. The van der Waals surface area contributed by atoms with Crippen molar-refractivity contribution in [2.75, 3.05) is 18.9 Å². The van der Waals surface area contributed by atoms with Crippen molar-refractivity contribution in [2.24, 2.45) is 4.40 Å². The van der Waals surface area contributed by atoms with Gasteiger partial charge in [-0.2, -0.15) is 8.42 Å². The number of amides is 1. The zero-order valence-corrected chi connectivity index (χ0v) is 15.3. The van der Waals surface area contributed by atoms with Crippen LogP contribution < -0.4 is 5.32 Å². The molecule has 1 aliphatic heterocycles. The summed E-state index contributed by atoms with van der Waals surface area (Å²) in [4.78, 5) is 14.0.